The Kier molecular flexibility index (Phi) is 7.15. The highest BCUT2D eigenvalue weighted by Crippen LogP contribution is 2.32. The summed E-state index contributed by atoms with van der Waals surface area (Å²) >= 11 is 17.8. The molecule has 0 radical (unpaired) electrons. The van der Waals surface area contributed by atoms with E-state index in [1.165, 1.54) is 36.8 Å². The molecule has 0 aliphatic carbocycles. The number of halogens is 3. The fraction of sp³-hybridized carbons (Fsp3) is 0.0952. The van der Waals surface area contributed by atoms with Gasteiger partial charge >= 0.3 is 5.97 Å². The van der Waals surface area contributed by atoms with E-state index in [0.29, 0.717) is 27.0 Å². The summed E-state index contributed by atoms with van der Waals surface area (Å²) in [7, 11) is 0. The number of phenolic OH excluding ortho intramolecular Hbond substituents is 1. The van der Waals surface area contributed by atoms with Crippen molar-refractivity contribution in [1.82, 2.24) is 4.98 Å². The molecule has 0 aliphatic heterocycles. The lowest BCUT2D eigenvalue weighted by atomic mass is 10.1. The zero-order chi connectivity index (χ0) is 21.7. The van der Waals surface area contributed by atoms with Gasteiger partial charge in [0.15, 0.2) is 0 Å². The molecule has 154 valence electrons. The van der Waals surface area contributed by atoms with Crippen LogP contribution < -0.4 is 4.74 Å². The van der Waals surface area contributed by atoms with E-state index in [9.17, 15) is 9.90 Å². The third-order valence-corrected chi connectivity index (χ3v) is 4.49. The summed E-state index contributed by atoms with van der Waals surface area (Å²) in [5.74, 6) is -0.107. The molecule has 1 N–H and O–H groups in total. The smallest absolute Gasteiger partial charge is 0.342 e. The average Bonchev–Trinajstić information content (AvgIpc) is 2.70. The lowest BCUT2D eigenvalue weighted by molar-refractivity contribution is 0.0523. The van der Waals surface area contributed by atoms with Gasteiger partial charge in [-0.25, -0.2) is 4.79 Å². The average molecular weight is 466 g/mol. The number of nitrogens with zero attached hydrogens (tertiary/aromatic N) is 2. The second-order valence-electron chi connectivity index (χ2n) is 5.93. The van der Waals surface area contributed by atoms with Crippen LogP contribution in [-0.2, 0) is 4.74 Å². The third-order valence-electron chi connectivity index (χ3n) is 3.78. The maximum atomic E-state index is 12.4. The number of rotatable bonds is 6. The molecule has 3 aromatic rings. The van der Waals surface area contributed by atoms with Gasteiger partial charge in [-0.3, -0.25) is 9.98 Å². The minimum Gasteiger partial charge on any atom is -0.506 e. The number of hydrogen-bond acceptors (Lipinski definition) is 6. The fourth-order valence-electron chi connectivity index (χ4n) is 2.46. The van der Waals surface area contributed by atoms with E-state index in [2.05, 4.69) is 9.98 Å². The quantitative estimate of drug-likeness (QED) is 0.333. The molecular weight excluding hydrogens is 451 g/mol. The molecule has 0 unspecified atom stereocenters. The van der Waals surface area contributed by atoms with E-state index < -0.39 is 5.97 Å². The van der Waals surface area contributed by atoms with Crippen LogP contribution in [0.1, 0.15) is 22.8 Å². The maximum Gasteiger partial charge on any atom is 0.342 e. The first kappa shape index (κ1) is 21.9. The molecule has 2 aromatic carbocycles. The lowest BCUT2D eigenvalue weighted by Gasteiger charge is -2.11. The van der Waals surface area contributed by atoms with E-state index in [-0.39, 0.29) is 28.7 Å². The van der Waals surface area contributed by atoms with Gasteiger partial charge in [-0.05, 0) is 37.3 Å². The van der Waals surface area contributed by atoms with E-state index in [1.807, 2.05) is 0 Å². The second kappa shape index (κ2) is 9.80. The third kappa shape index (κ3) is 5.42. The second-order valence-corrected chi connectivity index (χ2v) is 7.21. The van der Waals surface area contributed by atoms with Crippen LogP contribution in [0.2, 0.25) is 15.1 Å². The molecule has 0 bridgehead atoms. The summed E-state index contributed by atoms with van der Waals surface area (Å²) in [5.41, 5.74) is 0.917. The highest BCUT2D eigenvalue weighted by molar-refractivity contribution is 6.36. The van der Waals surface area contributed by atoms with Gasteiger partial charge in [0.2, 0.25) is 0 Å². The highest BCUT2D eigenvalue weighted by atomic mass is 35.5. The summed E-state index contributed by atoms with van der Waals surface area (Å²) in [6.45, 7) is 1.90. The van der Waals surface area contributed by atoms with E-state index in [1.54, 1.807) is 25.1 Å². The lowest BCUT2D eigenvalue weighted by Crippen LogP contribution is -2.06. The Labute approximate surface area is 187 Å². The number of esters is 1. The summed E-state index contributed by atoms with van der Waals surface area (Å²) < 4.78 is 10.9. The van der Waals surface area contributed by atoms with Gasteiger partial charge in [-0.2, -0.15) is 0 Å². The molecule has 0 aliphatic rings. The van der Waals surface area contributed by atoms with Crippen LogP contribution in [-0.4, -0.2) is 28.9 Å². The van der Waals surface area contributed by atoms with Crippen molar-refractivity contribution < 1.29 is 19.4 Å². The van der Waals surface area contributed by atoms with Crippen molar-refractivity contribution >= 4 is 52.7 Å². The molecule has 3 rings (SSSR count). The van der Waals surface area contributed by atoms with Gasteiger partial charge in [0, 0.05) is 29.1 Å². The number of carbonyl (C=O) groups excluding carboxylic acids is 1. The molecule has 6 nitrogen and oxygen atoms in total. The number of aliphatic imine (C=N–C) groups is 1. The fourth-order valence-corrected chi connectivity index (χ4v) is 3.13. The molecule has 9 heteroatoms. The summed E-state index contributed by atoms with van der Waals surface area (Å²) in [4.78, 5) is 20.7. The Bertz CT molecular complexity index is 1120. The van der Waals surface area contributed by atoms with Crippen molar-refractivity contribution in [2.75, 3.05) is 6.61 Å². The van der Waals surface area contributed by atoms with Crippen molar-refractivity contribution in [3.05, 3.63) is 75.0 Å². The number of hydrogen-bond donors (Lipinski definition) is 1. The molecule has 30 heavy (non-hydrogen) atoms. The van der Waals surface area contributed by atoms with Crippen LogP contribution in [0.25, 0.3) is 0 Å². The normalized spacial score (nSPS) is 10.9. The first-order valence-electron chi connectivity index (χ1n) is 8.69. The van der Waals surface area contributed by atoms with Gasteiger partial charge in [0.1, 0.15) is 22.8 Å². The standard InChI is InChI=1S/C21H15Cl3N2O4/c1-2-29-21(28)17-8-15(26-9-12-5-13(22)7-18(24)20(12)27)3-4-19(17)30-16-6-14(23)10-25-11-16/h3-11,27H,2H2,1H3. The van der Waals surface area contributed by atoms with Gasteiger partial charge in [-0.1, -0.05) is 34.8 Å². The Morgan fingerprint density at radius 1 is 1.13 bits per heavy atom. The SMILES string of the molecule is CCOC(=O)c1cc(N=Cc2cc(Cl)cc(Cl)c2O)ccc1Oc1cncc(Cl)c1. The maximum absolute atomic E-state index is 12.4. The molecule has 0 saturated carbocycles. The number of aromatic nitrogens is 1. The Balaban J connectivity index is 1.95. The van der Waals surface area contributed by atoms with Crippen LogP contribution in [0.15, 0.2) is 53.8 Å². The Morgan fingerprint density at radius 3 is 2.67 bits per heavy atom. The highest BCUT2D eigenvalue weighted by Gasteiger charge is 2.16. The van der Waals surface area contributed by atoms with E-state index >= 15 is 0 Å². The van der Waals surface area contributed by atoms with Gasteiger partial charge in [0.05, 0.1) is 28.5 Å². The largest absolute Gasteiger partial charge is 0.506 e. The van der Waals surface area contributed by atoms with Crippen LogP contribution in [0, 0.1) is 0 Å². The summed E-state index contributed by atoms with van der Waals surface area (Å²) in [6, 6.07) is 9.22. The van der Waals surface area contributed by atoms with Crippen molar-refractivity contribution in [2.24, 2.45) is 4.99 Å². The zero-order valence-corrected chi connectivity index (χ0v) is 17.9. The van der Waals surface area contributed by atoms with Crippen LogP contribution >= 0.6 is 34.8 Å². The van der Waals surface area contributed by atoms with Crippen molar-refractivity contribution in [1.29, 1.82) is 0 Å². The predicted molar refractivity (Wildman–Crippen MR) is 117 cm³/mol. The number of aromatic hydroxyl groups is 1. The van der Waals surface area contributed by atoms with Crippen molar-refractivity contribution in [3.63, 3.8) is 0 Å². The van der Waals surface area contributed by atoms with Crippen LogP contribution in [0.5, 0.6) is 17.2 Å². The summed E-state index contributed by atoms with van der Waals surface area (Å²) in [5, 5.41) is 10.9. The van der Waals surface area contributed by atoms with Gasteiger partial charge in [0.25, 0.3) is 0 Å². The summed E-state index contributed by atoms with van der Waals surface area (Å²) in [6.07, 6.45) is 4.33. The number of phenols is 1. The topological polar surface area (TPSA) is 81.0 Å². The minimum atomic E-state index is -0.576. The van der Waals surface area contributed by atoms with E-state index in [0.717, 1.165) is 0 Å². The molecule has 1 aromatic heterocycles. The number of pyridine rings is 1. The Hall–Kier alpha value is -2.80. The molecule has 0 amide bonds. The molecule has 0 fully saturated rings. The Morgan fingerprint density at radius 2 is 1.93 bits per heavy atom. The molecule has 0 saturated heterocycles. The van der Waals surface area contributed by atoms with Crippen molar-refractivity contribution in [2.45, 2.75) is 6.92 Å². The van der Waals surface area contributed by atoms with Crippen LogP contribution in [0.3, 0.4) is 0 Å². The number of carbonyl (C=O) groups is 1. The molecule has 1 heterocycles. The molecule has 0 atom stereocenters. The van der Waals surface area contributed by atoms with Crippen LogP contribution in [0.4, 0.5) is 5.69 Å². The first-order chi connectivity index (χ1) is 14.4. The molecule has 0 spiro atoms. The van der Waals surface area contributed by atoms with Gasteiger partial charge in [-0.15, -0.1) is 0 Å². The monoisotopic (exact) mass is 464 g/mol. The first-order valence-corrected chi connectivity index (χ1v) is 9.82. The van der Waals surface area contributed by atoms with Crippen molar-refractivity contribution in [3.8, 4) is 17.2 Å². The minimum absolute atomic E-state index is 0.107. The van der Waals surface area contributed by atoms with E-state index in [4.69, 9.17) is 44.3 Å². The zero-order valence-electron chi connectivity index (χ0n) is 15.6. The predicted octanol–water partition coefficient (Wildman–Crippen LogP) is 6.47. The number of ether oxygens (including phenoxy) is 2. The number of benzene rings is 2. The van der Waals surface area contributed by atoms with Gasteiger partial charge < -0.3 is 14.6 Å². The molecular formula is C21H15Cl3N2O4.